The fourth-order valence-electron chi connectivity index (χ4n) is 5.41. The predicted molar refractivity (Wildman–Crippen MR) is 122 cm³/mol. The molecule has 0 radical (unpaired) electrons. The van der Waals surface area contributed by atoms with Crippen LogP contribution in [0.5, 0.6) is 5.75 Å². The van der Waals surface area contributed by atoms with Crippen LogP contribution in [0.25, 0.3) is 0 Å². The summed E-state index contributed by atoms with van der Waals surface area (Å²) in [7, 11) is 1.72. The fourth-order valence-corrected chi connectivity index (χ4v) is 5.41. The van der Waals surface area contributed by atoms with E-state index >= 15 is 0 Å². The van der Waals surface area contributed by atoms with Crippen LogP contribution in [0, 0.1) is 0 Å². The van der Waals surface area contributed by atoms with Gasteiger partial charge in [-0.2, -0.15) is 0 Å². The molecule has 6 rings (SSSR count). The van der Waals surface area contributed by atoms with Gasteiger partial charge in [-0.1, -0.05) is 72.8 Å². The number of methoxy groups -OCH3 is 1. The van der Waals surface area contributed by atoms with Crippen molar-refractivity contribution in [2.24, 2.45) is 0 Å². The maximum Gasteiger partial charge on any atom is 0.118 e. The summed E-state index contributed by atoms with van der Waals surface area (Å²) in [6.45, 7) is 0. The maximum atomic E-state index is 5.41. The zero-order chi connectivity index (χ0) is 20.1. The monoisotopic (exact) mass is 389 g/mol. The topological polar surface area (TPSA) is 12.5 Å². The van der Waals surface area contributed by atoms with Crippen molar-refractivity contribution in [1.29, 1.82) is 0 Å². The van der Waals surface area contributed by atoms with Crippen molar-refractivity contribution in [2.45, 2.75) is 17.9 Å². The fraction of sp³-hybridized carbons (Fsp3) is 0.143. The van der Waals surface area contributed by atoms with E-state index in [1.165, 1.54) is 33.6 Å². The molecule has 0 spiro atoms. The Kier molecular flexibility index (Phi) is 3.92. The number of nitrogens with zero attached hydrogens (tertiary/aromatic N) is 1. The van der Waals surface area contributed by atoms with Gasteiger partial charge in [0.25, 0.3) is 0 Å². The van der Waals surface area contributed by atoms with Crippen LogP contribution in [0.3, 0.4) is 0 Å². The smallest absolute Gasteiger partial charge is 0.118 e. The van der Waals surface area contributed by atoms with Gasteiger partial charge in [-0.3, -0.25) is 0 Å². The van der Waals surface area contributed by atoms with E-state index in [1.807, 2.05) is 0 Å². The summed E-state index contributed by atoms with van der Waals surface area (Å²) in [6, 6.07) is 37.6. The third-order valence-electron chi connectivity index (χ3n) is 6.69. The van der Waals surface area contributed by atoms with Crippen molar-refractivity contribution in [3.63, 3.8) is 0 Å². The maximum absolute atomic E-state index is 5.41. The molecular weight excluding hydrogens is 366 g/mol. The van der Waals surface area contributed by atoms with Crippen LogP contribution in [0.2, 0.25) is 0 Å². The molecule has 4 aromatic carbocycles. The van der Waals surface area contributed by atoms with Gasteiger partial charge in [0.2, 0.25) is 0 Å². The first kappa shape index (κ1) is 17.3. The standard InChI is InChI=1S/C28H23NO/c1-30-21-17-15-19(16-18-21)26-24-13-7-8-14-25(24)29(20-9-3-2-4-10-20)28-23-12-6-5-11-22(23)27(26)28/h2-18,26-28H,1H3. The van der Waals surface area contributed by atoms with E-state index in [2.05, 4.69) is 108 Å². The van der Waals surface area contributed by atoms with E-state index in [0.717, 1.165) is 5.75 Å². The van der Waals surface area contributed by atoms with Crippen molar-refractivity contribution in [3.8, 4) is 5.75 Å². The number of anilines is 2. The lowest BCUT2D eigenvalue weighted by atomic mass is 9.60. The highest BCUT2D eigenvalue weighted by molar-refractivity contribution is 5.76. The van der Waals surface area contributed by atoms with Gasteiger partial charge in [0.1, 0.15) is 5.75 Å². The van der Waals surface area contributed by atoms with E-state index < -0.39 is 0 Å². The third kappa shape index (κ3) is 2.43. The minimum absolute atomic E-state index is 0.326. The lowest BCUT2D eigenvalue weighted by molar-refractivity contribution is 0.408. The van der Waals surface area contributed by atoms with Gasteiger partial charge >= 0.3 is 0 Å². The van der Waals surface area contributed by atoms with Crippen LogP contribution < -0.4 is 9.64 Å². The summed E-state index contributed by atoms with van der Waals surface area (Å²) in [4.78, 5) is 2.54. The number of fused-ring (bicyclic) bond motifs is 5. The van der Waals surface area contributed by atoms with Crippen molar-refractivity contribution in [3.05, 3.63) is 125 Å². The first-order valence-corrected chi connectivity index (χ1v) is 10.5. The first-order valence-electron chi connectivity index (χ1n) is 10.5. The quantitative estimate of drug-likeness (QED) is 0.381. The summed E-state index contributed by atoms with van der Waals surface area (Å²) in [5.41, 5.74) is 8.21. The van der Waals surface area contributed by atoms with Crippen molar-refractivity contribution < 1.29 is 4.74 Å². The number of para-hydroxylation sites is 2. The second-order valence-corrected chi connectivity index (χ2v) is 8.11. The van der Waals surface area contributed by atoms with Crippen LogP contribution in [0.15, 0.2) is 103 Å². The Balaban J connectivity index is 1.59. The van der Waals surface area contributed by atoms with Gasteiger partial charge in [-0.05, 0) is 52.6 Å². The lowest BCUT2D eigenvalue weighted by Gasteiger charge is -2.55. The van der Waals surface area contributed by atoms with Gasteiger partial charge in [0.15, 0.2) is 0 Å². The first-order chi connectivity index (χ1) is 14.9. The highest BCUT2D eigenvalue weighted by Crippen LogP contribution is 2.64. The Bertz CT molecular complexity index is 1200. The zero-order valence-corrected chi connectivity index (χ0v) is 16.9. The van der Waals surface area contributed by atoms with E-state index in [4.69, 9.17) is 4.74 Å². The van der Waals surface area contributed by atoms with Gasteiger partial charge in [-0.25, -0.2) is 0 Å². The molecule has 3 atom stereocenters. The van der Waals surface area contributed by atoms with E-state index in [-0.39, 0.29) is 0 Å². The second-order valence-electron chi connectivity index (χ2n) is 8.11. The normalized spacial score (nSPS) is 21.1. The van der Waals surface area contributed by atoms with Crippen LogP contribution in [-0.2, 0) is 0 Å². The third-order valence-corrected chi connectivity index (χ3v) is 6.69. The van der Waals surface area contributed by atoms with Gasteiger partial charge in [-0.15, -0.1) is 0 Å². The molecule has 0 bridgehead atoms. The van der Waals surface area contributed by atoms with E-state index in [9.17, 15) is 0 Å². The molecule has 0 N–H and O–H groups in total. The zero-order valence-electron chi connectivity index (χ0n) is 16.9. The summed E-state index contributed by atoms with van der Waals surface area (Å²) >= 11 is 0. The SMILES string of the molecule is COc1ccc(C2c3ccccc3N(c3ccccc3)C3c4ccccc4C23)cc1. The number of benzene rings is 4. The largest absolute Gasteiger partial charge is 0.497 e. The molecule has 2 aliphatic rings. The molecule has 146 valence electrons. The molecule has 2 heteroatoms. The Morgan fingerprint density at radius 1 is 0.633 bits per heavy atom. The number of hydrogen-bond donors (Lipinski definition) is 0. The minimum Gasteiger partial charge on any atom is -0.497 e. The molecular formula is C28H23NO. The number of rotatable bonds is 3. The molecule has 2 nitrogen and oxygen atoms in total. The average molecular weight is 389 g/mol. The summed E-state index contributed by atoms with van der Waals surface area (Å²) in [6.07, 6.45) is 0. The molecule has 0 saturated heterocycles. The molecule has 1 heterocycles. The molecule has 3 unspecified atom stereocenters. The highest BCUT2D eigenvalue weighted by Gasteiger charge is 2.50. The number of ether oxygens (including phenoxy) is 1. The van der Waals surface area contributed by atoms with Gasteiger partial charge in [0.05, 0.1) is 13.2 Å². The van der Waals surface area contributed by atoms with Crippen molar-refractivity contribution in [1.82, 2.24) is 0 Å². The molecule has 0 fully saturated rings. The Labute approximate surface area is 177 Å². The second kappa shape index (κ2) is 6.77. The van der Waals surface area contributed by atoms with Crippen molar-refractivity contribution >= 4 is 11.4 Å². The molecule has 1 aliphatic carbocycles. The highest BCUT2D eigenvalue weighted by atomic mass is 16.5. The Hall–Kier alpha value is -3.52. The van der Waals surface area contributed by atoms with Crippen LogP contribution >= 0.6 is 0 Å². The molecule has 1 aliphatic heterocycles. The number of hydrogen-bond acceptors (Lipinski definition) is 2. The lowest BCUT2D eigenvalue weighted by Crippen LogP contribution is -2.44. The average Bonchev–Trinajstić information content (AvgIpc) is 2.82. The molecule has 0 saturated carbocycles. The summed E-state index contributed by atoms with van der Waals surface area (Å²) in [5.74, 6) is 1.65. The predicted octanol–water partition coefficient (Wildman–Crippen LogP) is 6.82. The Morgan fingerprint density at radius 2 is 1.27 bits per heavy atom. The summed E-state index contributed by atoms with van der Waals surface area (Å²) < 4.78 is 5.41. The van der Waals surface area contributed by atoms with E-state index in [1.54, 1.807) is 7.11 Å². The van der Waals surface area contributed by atoms with Crippen molar-refractivity contribution in [2.75, 3.05) is 12.0 Å². The molecule has 0 aromatic heterocycles. The van der Waals surface area contributed by atoms with Gasteiger partial charge < -0.3 is 9.64 Å². The molecule has 4 aromatic rings. The minimum atomic E-state index is 0.326. The van der Waals surface area contributed by atoms with Crippen LogP contribution in [0.4, 0.5) is 11.4 Å². The van der Waals surface area contributed by atoms with Crippen LogP contribution in [-0.4, -0.2) is 7.11 Å². The van der Waals surface area contributed by atoms with Crippen LogP contribution in [0.1, 0.15) is 40.1 Å². The summed E-state index contributed by atoms with van der Waals surface area (Å²) in [5, 5.41) is 0. The van der Waals surface area contributed by atoms with E-state index in [0.29, 0.717) is 17.9 Å². The molecule has 30 heavy (non-hydrogen) atoms. The molecule has 0 amide bonds. The Morgan fingerprint density at radius 3 is 2.00 bits per heavy atom. The van der Waals surface area contributed by atoms with Gasteiger partial charge in [0, 0.05) is 23.2 Å².